The maximum absolute atomic E-state index is 12.9. The largest absolute Gasteiger partial charge is 0.446 e. The number of aliphatic hydroxyl groups is 1. The molecule has 2 N–H and O–H groups in total. The predicted octanol–water partition coefficient (Wildman–Crippen LogP) is 9.13. The fraction of sp³-hybridized carbons (Fsp3) is 0.902. The van der Waals surface area contributed by atoms with E-state index in [9.17, 15) is 19.3 Å². The highest BCUT2D eigenvalue weighted by Gasteiger charge is 2.59. The number of nitrogens with one attached hydrogen (secondary N) is 1. The fourth-order valence-corrected chi connectivity index (χ4v) is 12.4. The van der Waals surface area contributed by atoms with Crippen molar-refractivity contribution < 1.29 is 33.0 Å². The lowest BCUT2D eigenvalue weighted by Gasteiger charge is -2.58. The van der Waals surface area contributed by atoms with Gasteiger partial charge in [0.15, 0.2) is 0 Å². The van der Waals surface area contributed by atoms with Crippen molar-refractivity contribution in [3.8, 4) is 0 Å². The second-order valence-electron chi connectivity index (χ2n) is 18.1. The molecule has 4 fully saturated rings. The summed E-state index contributed by atoms with van der Waals surface area (Å²) >= 11 is 0. The van der Waals surface area contributed by atoms with E-state index >= 15 is 0 Å². The fourth-order valence-electron chi connectivity index (χ4n) is 11.6. The second-order valence-corrected chi connectivity index (χ2v) is 20.2. The Bertz CT molecular complexity index is 1270. The minimum atomic E-state index is -3.17. The van der Waals surface area contributed by atoms with Crippen LogP contribution >= 0.6 is 7.60 Å². The summed E-state index contributed by atoms with van der Waals surface area (Å²) in [6.45, 7) is 14.5. The van der Waals surface area contributed by atoms with Crippen LogP contribution in [0.2, 0.25) is 0 Å². The summed E-state index contributed by atoms with van der Waals surface area (Å²) in [4.78, 5) is 27.3. The van der Waals surface area contributed by atoms with Crippen LogP contribution in [-0.4, -0.2) is 73.7 Å². The highest BCUT2D eigenvalue weighted by Crippen LogP contribution is 2.67. The lowest BCUT2D eigenvalue weighted by atomic mass is 9.47. The molecule has 0 radical (unpaired) electrons. The molecule has 1 heterocycles. The molecule has 1 aliphatic heterocycles. The molecular formula is C41H71N2O7P. The Morgan fingerprint density at radius 1 is 1.02 bits per heavy atom. The Morgan fingerprint density at radius 3 is 2.53 bits per heavy atom. The van der Waals surface area contributed by atoms with Gasteiger partial charge in [0.2, 0.25) is 5.91 Å². The van der Waals surface area contributed by atoms with Crippen molar-refractivity contribution >= 4 is 19.6 Å². The number of amides is 2. The third-order valence-electron chi connectivity index (χ3n) is 14.4. The molecule has 3 saturated carbocycles. The molecule has 0 aromatic heterocycles. The number of ether oxygens (including phenoxy) is 1. The lowest BCUT2D eigenvalue weighted by molar-refractivity contribution is -0.133. The highest BCUT2D eigenvalue weighted by molar-refractivity contribution is 7.52. The van der Waals surface area contributed by atoms with Crippen LogP contribution in [0.25, 0.3) is 0 Å². The number of allylic oxidation sites excluding steroid dienone is 1. The van der Waals surface area contributed by atoms with Gasteiger partial charge in [-0.05, 0) is 111 Å². The number of rotatable bonds is 16. The number of carbonyl (C=O) groups excluding carboxylic acids is 2. The molecule has 11 atom stereocenters. The summed E-state index contributed by atoms with van der Waals surface area (Å²) in [6.07, 6.45) is 18.6. The van der Waals surface area contributed by atoms with Crippen LogP contribution in [0.1, 0.15) is 137 Å². The van der Waals surface area contributed by atoms with Crippen LogP contribution in [0.3, 0.4) is 0 Å². The molecule has 292 valence electrons. The first kappa shape index (κ1) is 40.8. The highest BCUT2D eigenvalue weighted by atomic mass is 31.2. The van der Waals surface area contributed by atoms with Gasteiger partial charge in [-0.1, -0.05) is 72.0 Å². The molecule has 2 amide bonds. The van der Waals surface area contributed by atoms with Crippen molar-refractivity contribution in [2.24, 2.45) is 46.3 Å². The van der Waals surface area contributed by atoms with Crippen molar-refractivity contribution in [2.75, 3.05) is 33.5 Å². The van der Waals surface area contributed by atoms with E-state index in [0.29, 0.717) is 37.8 Å². The van der Waals surface area contributed by atoms with Gasteiger partial charge < -0.3 is 29.1 Å². The van der Waals surface area contributed by atoms with E-state index in [0.717, 1.165) is 67.6 Å². The summed E-state index contributed by atoms with van der Waals surface area (Å²) in [5.74, 6) is 4.89. The van der Waals surface area contributed by atoms with Crippen molar-refractivity contribution in [3.05, 3.63) is 11.6 Å². The van der Waals surface area contributed by atoms with Crippen molar-refractivity contribution in [1.82, 2.24) is 10.2 Å². The molecule has 0 aromatic rings. The molecule has 1 saturated heterocycles. The van der Waals surface area contributed by atoms with Gasteiger partial charge in [0, 0.05) is 39.7 Å². The molecule has 0 bridgehead atoms. The average Bonchev–Trinajstić information content (AvgIpc) is 3.66. The maximum Gasteiger partial charge on any atom is 0.407 e. The SMILES string of the molecule is COP(C)(=O)OC1C[C@@H](CO)N(C(=O)CCCCCNC(=O)OC2CC[C@@]3(C)C(=CCC4C3CC[C@@]3(C)C4CC[C@@H]3[C@H](C)CCCC(C)C)C2)C1. The van der Waals surface area contributed by atoms with Crippen molar-refractivity contribution in [2.45, 2.75) is 156 Å². The Balaban J connectivity index is 1.02. The van der Waals surface area contributed by atoms with Gasteiger partial charge in [-0.2, -0.15) is 0 Å². The normalized spacial score (nSPS) is 36.5. The average molecular weight is 735 g/mol. The second kappa shape index (κ2) is 17.4. The van der Waals surface area contributed by atoms with E-state index < -0.39 is 13.7 Å². The molecule has 9 nitrogen and oxygen atoms in total. The Labute approximate surface area is 309 Å². The van der Waals surface area contributed by atoms with Crippen LogP contribution in [0, 0.1) is 46.3 Å². The number of likely N-dealkylation sites (tertiary alicyclic amines) is 1. The summed E-state index contributed by atoms with van der Waals surface area (Å²) in [6, 6.07) is -0.337. The number of alkyl carbamates (subject to hydrolysis) is 1. The van der Waals surface area contributed by atoms with E-state index in [-0.39, 0.29) is 36.2 Å². The van der Waals surface area contributed by atoms with Gasteiger partial charge >= 0.3 is 13.7 Å². The number of hydrogen-bond donors (Lipinski definition) is 2. The van der Waals surface area contributed by atoms with Gasteiger partial charge in [-0.25, -0.2) is 4.79 Å². The van der Waals surface area contributed by atoms with Crippen LogP contribution < -0.4 is 5.32 Å². The first-order valence-corrected chi connectivity index (χ1v) is 22.6. The zero-order valence-electron chi connectivity index (χ0n) is 33.0. The summed E-state index contributed by atoms with van der Waals surface area (Å²) < 4.78 is 28.7. The lowest BCUT2D eigenvalue weighted by Crippen LogP contribution is -2.51. The Morgan fingerprint density at radius 2 is 1.80 bits per heavy atom. The molecule has 6 unspecified atom stereocenters. The first-order valence-electron chi connectivity index (χ1n) is 20.6. The zero-order chi connectivity index (χ0) is 37.0. The maximum atomic E-state index is 12.9. The topological polar surface area (TPSA) is 114 Å². The van der Waals surface area contributed by atoms with E-state index in [4.69, 9.17) is 13.8 Å². The van der Waals surface area contributed by atoms with Crippen molar-refractivity contribution in [1.29, 1.82) is 0 Å². The number of carbonyl (C=O) groups is 2. The standard InChI is InChI=1S/C41H71N2O7P/c1-28(2)12-11-13-29(3)35-17-18-36-34-16-15-30-24-32(19-21-40(30,4)37(34)20-22-41(35,36)5)49-39(46)42-23-10-8-9-14-38(45)43-26-33(25-31(43)27-44)50-51(7,47)48-6/h15,28-29,31-37,44H,8-14,16-27H2,1-7H3,(H,42,46)/t29-,31+,32?,33?,34?,35-,36?,37?,40+,41-,51?/m1/s1. The smallest absolute Gasteiger partial charge is 0.407 e. The molecule has 5 aliphatic rings. The molecule has 0 aromatic carbocycles. The minimum absolute atomic E-state index is 0.0414. The van der Waals surface area contributed by atoms with Gasteiger partial charge in [-0.15, -0.1) is 0 Å². The van der Waals surface area contributed by atoms with Gasteiger partial charge in [0.1, 0.15) is 6.10 Å². The molecular weight excluding hydrogens is 663 g/mol. The van der Waals surface area contributed by atoms with Crippen LogP contribution in [0.5, 0.6) is 0 Å². The summed E-state index contributed by atoms with van der Waals surface area (Å²) in [7, 11) is -1.83. The van der Waals surface area contributed by atoms with Crippen molar-refractivity contribution in [3.63, 3.8) is 0 Å². The number of hydrogen-bond acceptors (Lipinski definition) is 7. The zero-order valence-corrected chi connectivity index (χ0v) is 33.9. The van der Waals surface area contributed by atoms with Gasteiger partial charge in [0.25, 0.3) is 0 Å². The molecule has 5 rings (SSSR count). The number of fused-ring (bicyclic) bond motifs is 5. The van der Waals surface area contributed by atoms with E-state index in [2.05, 4.69) is 46.0 Å². The quantitative estimate of drug-likeness (QED) is 0.0924. The molecule has 4 aliphatic carbocycles. The number of nitrogens with zero attached hydrogens (tertiary/aromatic N) is 1. The van der Waals surface area contributed by atoms with Gasteiger partial charge in [0.05, 0.1) is 18.8 Å². The van der Waals surface area contributed by atoms with Crippen LogP contribution in [0.4, 0.5) is 4.79 Å². The monoisotopic (exact) mass is 734 g/mol. The Hall–Kier alpha value is -1.41. The summed E-state index contributed by atoms with van der Waals surface area (Å²) in [5.41, 5.74) is 2.28. The predicted molar refractivity (Wildman–Crippen MR) is 202 cm³/mol. The number of aliphatic hydroxyl groups excluding tert-OH is 1. The van der Waals surface area contributed by atoms with E-state index in [1.54, 1.807) is 10.5 Å². The Kier molecular flexibility index (Phi) is 13.9. The molecule has 0 spiro atoms. The van der Waals surface area contributed by atoms with E-state index in [1.165, 1.54) is 65.1 Å². The third kappa shape index (κ3) is 9.46. The first-order chi connectivity index (χ1) is 24.2. The molecule has 10 heteroatoms. The van der Waals surface area contributed by atoms with Crippen LogP contribution in [0.15, 0.2) is 11.6 Å². The molecule has 51 heavy (non-hydrogen) atoms. The van der Waals surface area contributed by atoms with E-state index in [1.807, 2.05) is 0 Å². The van der Waals surface area contributed by atoms with Gasteiger partial charge in [-0.3, -0.25) is 9.36 Å². The summed E-state index contributed by atoms with van der Waals surface area (Å²) in [5, 5.41) is 12.7. The minimum Gasteiger partial charge on any atom is -0.446 e. The van der Waals surface area contributed by atoms with Crippen LogP contribution in [-0.2, 0) is 23.1 Å². The number of unbranched alkanes of at least 4 members (excludes halogenated alkanes) is 2. The third-order valence-corrected chi connectivity index (χ3v) is 15.8.